The van der Waals surface area contributed by atoms with E-state index >= 15 is 0 Å². The molecule has 0 amide bonds. The first-order valence-electron chi connectivity index (χ1n) is 2.59. The molecule has 0 rings (SSSR count). The second kappa shape index (κ2) is 15.9. The van der Waals surface area contributed by atoms with Crippen molar-refractivity contribution in [3.8, 4) is 0 Å². The Morgan fingerprint density at radius 2 is 2.09 bits per heavy atom. The van der Waals surface area contributed by atoms with Gasteiger partial charge in [0.25, 0.3) is 6.47 Å². The van der Waals surface area contributed by atoms with E-state index in [1.807, 2.05) is 0 Å². The molecule has 11 heavy (non-hydrogen) atoms. The lowest BCUT2D eigenvalue weighted by Crippen LogP contribution is -1.82. The predicted molar refractivity (Wildman–Crippen MR) is 40.5 cm³/mol. The summed E-state index contributed by atoms with van der Waals surface area (Å²) in [6, 6.07) is 0. The monoisotopic (exact) mass is 163 g/mol. The Hall–Kier alpha value is -1.36. The van der Waals surface area contributed by atoms with Gasteiger partial charge in [-0.1, -0.05) is 6.58 Å². The van der Waals surface area contributed by atoms with Gasteiger partial charge in [0.2, 0.25) is 0 Å². The molecule has 66 valence electrons. The normalized spacial score (nSPS) is 5.91. The molecule has 0 saturated heterocycles. The lowest BCUT2D eigenvalue weighted by Gasteiger charge is -1.79. The molecule has 0 heterocycles. The Balaban J connectivity index is -0.000000107. The van der Waals surface area contributed by atoms with Gasteiger partial charge in [-0.05, 0) is 6.92 Å². The molecule has 0 aliphatic carbocycles. The standard InChI is InChI=1S/C3H6O2.C3H4O2.H3N/c1-2-5-3-4;1-2-3(4)5;/h3H,2H2,1H3;2H,1H2,(H,4,5);1H3. The summed E-state index contributed by atoms with van der Waals surface area (Å²) in [5, 5.41) is 7.60. The summed E-state index contributed by atoms with van der Waals surface area (Å²) < 4.78 is 4.15. The topological polar surface area (TPSA) is 98.6 Å². The first-order chi connectivity index (χ1) is 4.68. The van der Waals surface area contributed by atoms with Gasteiger partial charge >= 0.3 is 5.97 Å². The number of carbonyl (C=O) groups excluding carboxylic acids is 1. The van der Waals surface area contributed by atoms with E-state index in [1.165, 1.54) is 0 Å². The highest BCUT2D eigenvalue weighted by atomic mass is 16.5. The van der Waals surface area contributed by atoms with E-state index in [4.69, 9.17) is 5.11 Å². The third-order valence-electron chi connectivity index (χ3n) is 0.409. The smallest absolute Gasteiger partial charge is 0.327 e. The Bertz CT molecular complexity index is 113. The molecule has 0 unspecified atom stereocenters. The molecule has 0 aromatic heterocycles. The van der Waals surface area contributed by atoms with Crippen LogP contribution in [0.15, 0.2) is 12.7 Å². The zero-order valence-corrected chi connectivity index (χ0v) is 6.45. The highest BCUT2D eigenvalue weighted by Crippen LogP contribution is 1.55. The maximum Gasteiger partial charge on any atom is 0.327 e. The van der Waals surface area contributed by atoms with Crippen LogP contribution in [0.4, 0.5) is 0 Å². The average Bonchev–Trinajstić information content (AvgIpc) is 1.91. The maximum atomic E-state index is 9.25. The van der Waals surface area contributed by atoms with Crippen LogP contribution in [0, 0.1) is 0 Å². The lowest BCUT2D eigenvalue weighted by atomic mass is 10.7. The number of hydrogen-bond acceptors (Lipinski definition) is 4. The molecule has 0 spiro atoms. The third-order valence-corrected chi connectivity index (χ3v) is 0.409. The summed E-state index contributed by atoms with van der Waals surface area (Å²) >= 11 is 0. The summed E-state index contributed by atoms with van der Waals surface area (Å²) in [6.07, 6.45) is 0.833. The van der Waals surface area contributed by atoms with Crippen molar-refractivity contribution >= 4 is 12.4 Å². The summed E-state index contributed by atoms with van der Waals surface area (Å²) in [5.74, 6) is -0.981. The average molecular weight is 163 g/mol. The number of aliphatic carboxylic acids is 1. The molecule has 0 aliphatic heterocycles. The number of ether oxygens (including phenoxy) is 1. The molecule has 0 aromatic carbocycles. The van der Waals surface area contributed by atoms with Crippen LogP contribution in [-0.2, 0) is 14.3 Å². The molecular weight excluding hydrogens is 150 g/mol. The Morgan fingerprint density at radius 1 is 1.73 bits per heavy atom. The van der Waals surface area contributed by atoms with Crippen LogP contribution < -0.4 is 6.15 Å². The minimum Gasteiger partial charge on any atom is -0.478 e. The SMILES string of the molecule is C=CC(=O)O.CCOC=O.N. The molecule has 5 heteroatoms. The zero-order chi connectivity index (χ0) is 8.41. The van der Waals surface area contributed by atoms with Gasteiger partial charge in [0, 0.05) is 6.08 Å². The second-order valence-corrected chi connectivity index (χ2v) is 1.09. The highest BCUT2D eigenvalue weighted by molar-refractivity contribution is 5.78. The van der Waals surface area contributed by atoms with E-state index in [2.05, 4.69) is 11.3 Å². The van der Waals surface area contributed by atoms with Gasteiger partial charge in [0.1, 0.15) is 0 Å². The van der Waals surface area contributed by atoms with E-state index in [1.54, 1.807) is 6.92 Å². The van der Waals surface area contributed by atoms with E-state index < -0.39 is 5.97 Å². The fraction of sp³-hybridized carbons (Fsp3) is 0.333. The van der Waals surface area contributed by atoms with Crippen LogP contribution in [0.1, 0.15) is 6.92 Å². The van der Waals surface area contributed by atoms with Crippen molar-refractivity contribution in [2.24, 2.45) is 0 Å². The minimum absolute atomic E-state index is 0. The van der Waals surface area contributed by atoms with Gasteiger partial charge < -0.3 is 16.0 Å². The van der Waals surface area contributed by atoms with Gasteiger partial charge in [-0.3, -0.25) is 4.79 Å². The third kappa shape index (κ3) is 54.7. The second-order valence-electron chi connectivity index (χ2n) is 1.09. The largest absolute Gasteiger partial charge is 0.478 e. The van der Waals surface area contributed by atoms with Crippen molar-refractivity contribution in [2.75, 3.05) is 6.61 Å². The number of hydrogen-bond donors (Lipinski definition) is 2. The first kappa shape index (κ1) is 16.3. The minimum atomic E-state index is -0.981. The van der Waals surface area contributed by atoms with E-state index in [9.17, 15) is 9.59 Å². The predicted octanol–water partition coefficient (Wildman–Crippen LogP) is 0.598. The van der Waals surface area contributed by atoms with Crippen molar-refractivity contribution in [3.05, 3.63) is 12.7 Å². The molecule has 0 bridgehead atoms. The number of carboxylic acid groups (broad SMARTS) is 1. The fourth-order valence-corrected chi connectivity index (χ4v) is 0.0680. The number of carboxylic acids is 1. The van der Waals surface area contributed by atoms with Crippen molar-refractivity contribution in [1.29, 1.82) is 0 Å². The van der Waals surface area contributed by atoms with Crippen molar-refractivity contribution < 1.29 is 19.4 Å². The van der Waals surface area contributed by atoms with Crippen molar-refractivity contribution in [3.63, 3.8) is 0 Å². The Kier molecular flexibility index (Phi) is 23.5. The van der Waals surface area contributed by atoms with Gasteiger partial charge in [0.15, 0.2) is 0 Å². The highest BCUT2D eigenvalue weighted by Gasteiger charge is 1.73. The molecule has 0 aliphatic rings. The number of rotatable bonds is 3. The molecule has 0 atom stereocenters. The zero-order valence-electron chi connectivity index (χ0n) is 6.45. The fourth-order valence-electron chi connectivity index (χ4n) is 0.0680. The quantitative estimate of drug-likeness (QED) is 0.468. The van der Waals surface area contributed by atoms with E-state index in [-0.39, 0.29) is 6.15 Å². The summed E-state index contributed by atoms with van der Waals surface area (Å²) in [6.45, 7) is 5.63. The number of carbonyl (C=O) groups is 2. The lowest BCUT2D eigenvalue weighted by molar-refractivity contribution is -0.131. The van der Waals surface area contributed by atoms with Crippen LogP contribution in [-0.4, -0.2) is 24.2 Å². The van der Waals surface area contributed by atoms with E-state index in [0.29, 0.717) is 13.1 Å². The van der Waals surface area contributed by atoms with Gasteiger partial charge in [-0.15, -0.1) is 0 Å². The van der Waals surface area contributed by atoms with Crippen LogP contribution in [0.5, 0.6) is 0 Å². The summed E-state index contributed by atoms with van der Waals surface area (Å²) in [4.78, 5) is 18.4. The first-order valence-corrected chi connectivity index (χ1v) is 2.59. The Morgan fingerprint density at radius 3 is 2.09 bits per heavy atom. The molecule has 5 nitrogen and oxygen atoms in total. The van der Waals surface area contributed by atoms with Gasteiger partial charge in [-0.2, -0.15) is 0 Å². The summed E-state index contributed by atoms with van der Waals surface area (Å²) in [5.41, 5.74) is 0. The van der Waals surface area contributed by atoms with Crippen molar-refractivity contribution in [1.82, 2.24) is 6.15 Å². The molecule has 4 N–H and O–H groups in total. The summed E-state index contributed by atoms with van der Waals surface area (Å²) in [7, 11) is 0. The molecule has 0 fully saturated rings. The Labute approximate surface area is 65.2 Å². The van der Waals surface area contributed by atoms with Crippen LogP contribution in [0.2, 0.25) is 0 Å². The van der Waals surface area contributed by atoms with Crippen LogP contribution in [0.25, 0.3) is 0 Å². The molecule has 0 saturated carbocycles. The van der Waals surface area contributed by atoms with Crippen LogP contribution >= 0.6 is 0 Å². The molecular formula is C6H13NO4. The van der Waals surface area contributed by atoms with Gasteiger partial charge in [0.05, 0.1) is 6.61 Å². The molecule has 0 radical (unpaired) electrons. The van der Waals surface area contributed by atoms with Crippen molar-refractivity contribution in [2.45, 2.75) is 6.92 Å². The van der Waals surface area contributed by atoms with Gasteiger partial charge in [-0.25, -0.2) is 4.79 Å². The van der Waals surface area contributed by atoms with Crippen LogP contribution in [0.3, 0.4) is 0 Å². The van der Waals surface area contributed by atoms with E-state index in [0.717, 1.165) is 6.08 Å². The molecule has 0 aromatic rings. The maximum absolute atomic E-state index is 9.25.